The summed E-state index contributed by atoms with van der Waals surface area (Å²) in [7, 11) is 0. The van der Waals surface area contributed by atoms with Gasteiger partial charge in [0.25, 0.3) is 0 Å². The maximum atomic E-state index is 13.2. The van der Waals surface area contributed by atoms with Gasteiger partial charge in [-0.1, -0.05) is 6.92 Å². The molecule has 2 rings (SSSR count). The van der Waals surface area contributed by atoms with Gasteiger partial charge in [-0.2, -0.15) is 0 Å². The standard InChI is InChI=1S/C15H19F3N2O2/c1-2-4-20(8-10-3-5-22-9-10)15(21)19-11-6-12(16)14(18)13(17)7-11/h6-7,10H,2-5,8-9H2,1H3,(H,19,21). The van der Waals surface area contributed by atoms with Gasteiger partial charge < -0.3 is 15.0 Å². The van der Waals surface area contributed by atoms with E-state index in [-0.39, 0.29) is 11.6 Å². The molecule has 0 aromatic heterocycles. The summed E-state index contributed by atoms with van der Waals surface area (Å²) >= 11 is 0. The van der Waals surface area contributed by atoms with Crippen LogP contribution in [0.5, 0.6) is 0 Å². The van der Waals surface area contributed by atoms with Crippen LogP contribution >= 0.6 is 0 Å². The molecule has 0 bridgehead atoms. The van der Waals surface area contributed by atoms with Gasteiger partial charge >= 0.3 is 6.03 Å². The van der Waals surface area contributed by atoms with E-state index in [4.69, 9.17) is 4.74 Å². The van der Waals surface area contributed by atoms with E-state index in [0.29, 0.717) is 26.3 Å². The zero-order valence-electron chi connectivity index (χ0n) is 12.4. The molecule has 0 spiro atoms. The van der Waals surface area contributed by atoms with Crippen molar-refractivity contribution in [2.24, 2.45) is 5.92 Å². The summed E-state index contributed by atoms with van der Waals surface area (Å²) in [5.74, 6) is -3.95. The van der Waals surface area contributed by atoms with Crippen LogP contribution in [-0.4, -0.2) is 37.2 Å². The van der Waals surface area contributed by atoms with Crippen molar-refractivity contribution in [3.05, 3.63) is 29.6 Å². The monoisotopic (exact) mass is 316 g/mol. The highest BCUT2D eigenvalue weighted by Crippen LogP contribution is 2.19. The van der Waals surface area contributed by atoms with Gasteiger partial charge in [-0.25, -0.2) is 18.0 Å². The number of carbonyl (C=O) groups excluding carboxylic acids is 1. The Morgan fingerprint density at radius 2 is 2.05 bits per heavy atom. The number of benzene rings is 1. The summed E-state index contributed by atoms with van der Waals surface area (Å²) in [5.41, 5.74) is -0.106. The topological polar surface area (TPSA) is 41.6 Å². The highest BCUT2D eigenvalue weighted by molar-refractivity contribution is 5.89. The number of nitrogens with zero attached hydrogens (tertiary/aromatic N) is 1. The lowest BCUT2D eigenvalue weighted by atomic mass is 10.1. The average Bonchev–Trinajstić information content (AvgIpc) is 2.97. The van der Waals surface area contributed by atoms with Crippen LogP contribution in [0.3, 0.4) is 0 Å². The molecule has 1 aromatic rings. The van der Waals surface area contributed by atoms with Crippen LogP contribution in [0.15, 0.2) is 12.1 Å². The summed E-state index contributed by atoms with van der Waals surface area (Å²) in [6, 6.07) is 1.07. The Morgan fingerprint density at radius 1 is 1.36 bits per heavy atom. The van der Waals surface area contributed by atoms with Gasteiger partial charge in [-0.15, -0.1) is 0 Å². The molecule has 1 fully saturated rings. The number of urea groups is 1. The molecule has 2 amide bonds. The van der Waals surface area contributed by atoms with Crippen LogP contribution in [0.1, 0.15) is 19.8 Å². The van der Waals surface area contributed by atoms with E-state index in [0.717, 1.165) is 25.0 Å². The first-order chi connectivity index (χ1) is 10.5. The van der Waals surface area contributed by atoms with Gasteiger partial charge in [0.05, 0.1) is 6.61 Å². The molecule has 1 saturated heterocycles. The summed E-state index contributed by atoms with van der Waals surface area (Å²) in [4.78, 5) is 13.8. The van der Waals surface area contributed by atoms with E-state index in [1.807, 2.05) is 6.92 Å². The molecular formula is C15H19F3N2O2. The molecule has 22 heavy (non-hydrogen) atoms. The normalized spacial score (nSPS) is 17.5. The van der Waals surface area contributed by atoms with Gasteiger partial charge in [0.2, 0.25) is 0 Å². The first-order valence-electron chi connectivity index (χ1n) is 7.29. The van der Waals surface area contributed by atoms with Crippen molar-refractivity contribution >= 4 is 11.7 Å². The zero-order valence-corrected chi connectivity index (χ0v) is 12.4. The third-order valence-electron chi connectivity index (χ3n) is 3.52. The number of hydrogen-bond donors (Lipinski definition) is 1. The molecule has 0 aliphatic carbocycles. The fraction of sp³-hybridized carbons (Fsp3) is 0.533. The number of nitrogens with one attached hydrogen (secondary N) is 1. The van der Waals surface area contributed by atoms with Crippen molar-refractivity contribution in [1.82, 2.24) is 4.90 Å². The number of anilines is 1. The summed E-state index contributed by atoms with van der Waals surface area (Å²) < 4.78 is 44.5. The van der Waals surface area contributed by atoms with Gasteiger partial charge in [-0.05, 0) is 12.8 Å². The molecule has 1 aliphatic heterocycles. The van der Waals surface area contributed by atoms with Crippen LogP contribution in [0.25, 0.3) is 0 Å². The Morgan fingerprint density at radius 3 is 2.59 bits per heavy atom. The molecule has 1 unspecified atom stereocenters. The molecule has 1 N–H and O–H groups in total. The Bertz CT molecular complexity index is 511. The Labute approximate surface area is 127 Å². The summed E-state index contributed by atoms with van der Waals surface area (Å²) in [6.45, 7) is 4.26. The van der Waals surface area contributed by atoms with Crippen LogP contribution in [0.4, 0.5) is 23.7 Å². The first-order valence-corrected chi connectivity index (χ1v) is 7.29. The predicted octanol–water partition coefficient (Wildman–Crippen LogP) is 3.38. The summed E-state index contributed by atoms with van der Waals surface area (Å²) in [5, 5.41) is 2.41. The molecular weight excluding hydrogens is 297 g/mol. The van der Waals surface area contributed by atoms with Gasteiger partial charge in [0, 0.05) is 43.4 Å². The van der Waals surface area contributed by atoms with E-state index in [1.54, 1.807) is 4.90 Å². The molecule has 0 saturated carbocycles. The van der Waals surface area contributed by atoms with E-state index in [1.165, 1.54) is 0 Å². The van der Waals surface area contributed by atoms with Crippen molar-refractivity contribution in [3.63, 3.8) is 0 Å². The number of hydrogen-bond acceptors (Lipinski definition) is 2. The lowest BCUT2D eigenvalue weighted by Gasteiger charge is -2.25. The maximum Gasteiger partial charge on any atom is 0.321 e. The Kier molecular flexibility index (Phi) is 5.65. The minimum atomic E-state index is -1.55. The summed E-state index contributed by atoms with van der Waals surface area (Å²) in [6.07, 6.45) is 1.64. The van der Waals surface area contributed by atoms with Crippen molar-refractivity contribution < 1.29 is 22.7 Å². The number of halogens is 3. The van der Waals surface area contributed by atoms with Crippen LogP contribution in [-0.2, 0) is 4.74 Å². The fourth-order valence-corrected chi connectivity index (χ4v) is 2.41. The fourth-order valence-electron chi connectivity index (χ4n) is 2.41. The molecule has 1 heterocycles. The molecule has 0 radical (unpaired) electrons. The molecule has 122 valence electrons. The van der Waals surface area contributed by atoms with Crippen molar-refractivity contribution in [3.8, 4) is 0 Å². The molecule has 7 heteroatoms. The number of amides is 2. The predicted molar refractivity (Wildman–Crippen MR) is 76.1 cm³/mol. The largest absolute Gasteiger partial charge is 0.381 e. The van der Waals surface area contributed by atoms with Crippen molar-refractivity contribution in [2.75, 3.05) is 31.6 Å². The Balaban J connectivity index is 2.03. The number of ether oxygens (including phenoxy) is 1. The lowest BCUT2D eigenvalue weighted by Crippen LogP contribution is -2.39. The van der Waals surface area contributed by atoms with Gasteiger partial charge in [0.15, 0.2) is 17.5 Å². The van der Waals surface area contributed by atoms with E-state index >= 15 is 0 Å². The lowest BCUT2D eigenvalue weighted by molar-refractivity contribution is 0.169. The average molecular weight is 316 g/mol. The number of rotatable bonds is 5. The molecule has 1 atom stereocenters. The van der Waals surface area contributed by atoms with Crippen LogP contribution < -0.4 is 5.32 Å². The van der Waals surface area contributed by atoms with E-state index in [2.05, 4.69) is 5.32 Å². The zero-order chi connectivity index (χ0) is 16.1. The third kappa shape index (κ3) is 4.13. The minimum Gasteiger partial charge on any atom is -0.381 e. The molecule has 4 nitrogen and oxygen atoms in total. The first kappa shape index (κ1) is 16.6. The smallest absolute Gasteiger partial charge is 0.321 e. The van der Waals surface area contributed by atoms with Crippen molar-refractivity contribution in [2.45, 2.75) is 19.8 Å². The quantitative estimate of drug-likeness (QED) is 0.846. The van der Waals surface area contributed by atoms with Gasteiger partial charge in [-0.3, -0.25) is 0 Å². The highest BCUT2D eigenvalue weighted by atomic mass is 19.2. The van der Waals surface area contributed by atoms with E-state index in [9.17, 15) is 18.0 Å². The van der Waals surface area contributed by atoms with E-state index < -0.39 is 23.5 Å². The molecule has 1 aliphatic rings. The third-order valence-corrected chi connectivity index (χ3v) is 3.52. The Hall–Kier alpha value is -1.76. The SMILES string of the molecule is CCCN(CC1CCOC1)C(=O)Nc1cc(F)c(F)c(F)c1. The minimum absolute atomic E-state index is 0.106. The second kappa shape index (κ2) is 7.49. The van der Waals surface area contributed by atoms with Crippen LogP contribution in [0, 0.1) is 23.4 Å². The molecule has 1 aromatic carbocycles. The maximum absolute atomic E-state index is 13.2. The van der Waals surface area contributed by atoms with Crippen LogP contribution in [0.2, 0.25) is 0 Å². The second-order valence-corrected chi connectivity index (χ2v) is 5.36. The van der Waals surface area contributed by atoms with Crippen molar-refractivity contribution in [1.29, 1.82) is 0 Å². The number of carbonyl (C=O) groups is 1. The second-order valence-electron chi connectivity index (χ2n) is 5.36. The highest BCUT2D eigenvalue weighted by Gasteiger charge is 2.22. The van der Waals surface area contributed by atoms with Gasteiger partial charge in [0.1, 0.15) is 0 Å².